The van der Waals surface area contributed by atoms with Crippen LogP contribution in [0.3, 0.4) is 0 Å². The number of benzene rings is 1. The number of halogens is 1. The third kappa shape index (κ3) is 3.08. The zero-order chi connectivity index (χ0) is 17.3. The average Bonchev–Trinajstić information content (AvgIpc) is 3.02. The Morgan fingerprint density at radius 3 is 2.83 bits per heavy atom. The van der Waals surface area contributed by atoms with Gasteiger partial charge in [0.15, 0.2) is 0 Å². The molecule has 1 aromatic heterocycles. The predicted molar refractivity (Wildman–Crippen MR) is 95.7 cm³/mol. The lowest BCUT2D eigenvalue weighted by Gasteiger charge is -2.39. The molecular formula is C18H22ClN3O2. The number of nitrogens with zero attached hydrogens (tertiary/aromatic N) is 2. The zero-order valence-electron chi connectivity index (χ0n) is 14.1. The number of rotatable bonds is 3. The summed E-state index contributed by atoms with van der Waals surface area (Å²) in [5.74, 6) is 0.903. The van der Waals surface area contributed by atoms with E-state index in [0.717, 1.165) is 6.54 Å². The van der Waals surface area contributed by atoms with Gasteiger partial charge in [0.05, 0.1) is 18.8 Å². The van der Waals surface area contributed by atoms with Crippen molar-refractivity contribution in [1.29, 1.82) is 0 Å². The quantitative estimate of drug-likeness (QED) is 0.894. The molecule has 1 aromatic carbocycles. The van der Waals surface area contributed by atoms with Crippen LogP contribution in [0.25, 0.3) is 0 Å². The molecule has 0 bridgehead atoms. The number of carbonyl (C=O) groups excluding carboxylic acids is 1. The van der Waals surface area contributed by atoms with Crippen LogP contribution in [0.15, 0.2) is 36.5 Å². The number of carbonyl (C=O) groups is 1. The molecule has 2 aromatic rings. The summed E-state index contributed by atoms with van der Waals surface area (Å²) in [6.45, 7) is 5.73. The van der Waals surface area contributed by atoms with Gasteiger partial charge in [-0.05, 0) is 36.2 Å². The van der Waals surface area contributed by atoms with E-state index in [-0.39, 0.29) is 12.1 Å². The maximum Gasteiger partial charge on any atom is 0.322 e. The number of nitrogens with one attached hydrogen (secondary N) is 1. The van der Waals surface area contributed by atoms with Gasteiger partial charge < -0.3 is 19.5 Å². The minimum Gasteiger partial charge on any atom is -0.495 e. The van der Waals surface area contributed by atoms with Crippen molar-refractivity contribution in [3.8, 4) is 5.75 Å². The number of urea groups is 1. The molecule has 1 atom stereocenters. The number of fused-ring (bicyclic) bond motifs is 1. The third-order valence-corrected chi connectivity index (χ3v) is 4.62. The summed E-state index contributed by atoms with van der Waals surface area (Å²) >= 11 is 6.05. The number of amides is 2. The van der Waals surface area contributed by atoms with Crippen LogP contribution in [0.1, 0.15) is 25.6 Å². The molecule has 2 heterocycles. The number of methoxy groups -OCH3 is 1. The van der Waals surface area contributed by atoms with Crippen molar-refractivity contribution in [2.75, 3.05) is 19.0 Å². The lowest BCUT2D eigenvalue weighted by molar-refractivity contribution is 0.144. The topological polar surface area (TPSA) is 46.5 Å². The lowest BCUT2D eigenvalue weighted by Crippen LogP contribution is -2.45. The Morgan fingerprint density at radius 2 is 2.12 bits per heavy atom. The van der Waals surface area contributed by atoms with Gasteiger partial charge in [0.2, 0.25) is 0 Å². The first-order chi connectivity index (χ1) is 11.5. The van der Waals surface area contributed by atoms with Crippen molar-refractivity contribution in [1.82, 2.24) is 9.47 Å². The molecule has 1 aliphatic heterocycles. The molecule has 0 saturated carbocycles. The first-order valence-corrected chi connectivity index (χ1v) is 8.45. The molecular weight excluding hydrogens is 326 g/mol. The monoisotopic (exact) mass is 347 g/mol. The van der Waals surface area contributed by atoms with Crippen LogP contribution in [-0.2, 0) is 6.54 Å². The van der Waals surface area contributed by atoms with E-state index in [0.29, 0.717) is 28.9 Å². The Labute approximate surface area is 147 Å². The molecule has 3 rings (SSSR count). The van der Waals surface area contributed by atoms with Crippen molar-refractivity contribution in [2.45, 2.75) is 26.4 Å². The van der Waals surface area contributed by atoms with Gasteiger partial charge in [0.1, 0.15) is 5.75 Å². The molecule has 1 aliphatic rings. The van der Waals surface area contributed by atoms with Gasteiger partial charge in [-0.25, -0.2) is 4.79 Å². The molecule has 0 fully saturated rings. The number of anilines is 1. The van der Waals surface area contributed by atoms with Gasteiger partial charge in [0.25, 0.3) is 0 Å². The standard InChI is InChI=1S/C18H22ClN3O2/c1-12(2)17-15-5-4-8-21(15)9-10-22(17)18(23)20-14-11-13(19)6-7-16(14)24-3/h4-8,11-12,17H,9-10H2,1-3H3,(H,20,23)/t17-/m1/s1. The molecule has 0 unspecified atom stereocenters. The molecule has 0 aliphatic carbocycles. The van der Waals surface area contributed by atoms with E-state index in [1.54, 1.807) is 25.3 Å². The van der Waals surface area contributed by atoms with E-state index in [1.165, 1.54) is 5.69 Å². The summed E-state index contributed by atoms with van der Waals surface area (Å²) < 4.78 is 7.53. The number of hydrogen-bond donors (Lipinski definition) is 1. The van der Waals surface area contributed by atoms with Gasteiger partial charge in [-0.1, -0.05) is 25.4 Å². The van der Waals surface area contributed by atoms with Gasteiger partial charge in [0, 0.05) is 30.0 Å². The van der Waals surface area contributed by atoms with Crippen LogP contribution in [0.5, 0.6) is 5.75 Å². The number of hydrogen-bond acceptors (Lipinski definition) is 2. The van der Waals surface area contributed by atoms with Gasteiger partial charge >= 0.3 is 6.03 Å². The van der Waals surface area contributed by atoms with Crippen molar-refractivity contribution in [2.24, 2.45) is 5.92 Å². The van der Waals surface area contributed by atoms with Crippen molar-refractivity contribution < 1.29 is 9.53 Å². The second kappa shape index (κ2) is 6.77. The van der Waals surface area contributed by atoms with Gasteiger partial charge in [-0.2, -0.15) is 0 Å². The summed E-state index contributed by atoms with van der Waals surface area (Å²) in [5, 5.41) is 3.50. The Kier molecular flexibility index (Phi) is 4.71. The maximum atomic E-state index is 12.9. The zero-order valence-corrected chi connectivity index (χ0v) is 14.9. The molecule has 5 nitrogen and oxygen atoms in total. The highest BCUT2D eigenvalue weighted by Crippen LogP contribution is 2.34. The van der Waals surface area contributed by atoms with E-state index in [9.17, 15) is 4.79 Å². The molecule has 128 valence electrons. The lowest BCUT2D eigenvalue weighted by atomic mass is 9.97. The minimum absolute atomic E-state index is 0.0407. The Bertz CT molecular complexity index is 742. The molecule has 0 radical (unpaired) electrons. The van der Waals surface area contributed by atoms with E-state index >= 15 is 0 Å². The van der Waals surface area contributed by atoms with Gasteiger partial charge in [-0.3, -0.25) is 0 Å². The Morgan fingerprint density at radius 1 is 1.33 bits per heavy atom. The van der Waals surface area contributed by atoms with Crippen LogP contribution in [0, 0.1) is 5.92 Å². The smallest absolute Gasteiger partial charge is 0.322 e. The first-order valence-electron chi connectivity index (χ1n) is 8.07. The van der Waals surface area contributed by atoms with E-state index in [1.807, 2.05) is 11.0 Å². The van der Waals surface area contributed by atoms with Crippen LogP contribution in [0.4, 0.5) is 10.5 Å². The van der Waals surface area contributed by atoms with Crippen molar-refractivity contribution in [3.63, 3.8) is 0 Å². The summed E-state index contributed by atoms with van der Waals surface area (Å²) in [6.07, 6.45) is 2.07. The molecule has 2 amide bonds. The van der Waals surface area contributed by atoms with Crippen molar-refractivity contribution in [3.05, 3.63) is 47.2 Å². The minimum atomic E-state index is -0.137. The molecule has 1 N–H and O–H groups in total. The first kappa shape index (κ1) is 16.7. The molecule has 0 spiro atoms. The number of ether oxygens (including phenoxy) is 1. The van der Waals surface area contributed by atoms with E-state index in [2.05, 4.69) is 36.0 Å². The van der Waals surface area contributed by atoms with E-state index < -0.39 is 0 Å². The number of aromatic nitrogens is 1. The fourth-order valence-corrected chi connectivity index (χ4v) is 3.48. The maximum absolute atomic E-state index is 12.9. The summed E-state index contributed by atoms with van der Waals surface area (Å²) in [5.41, 5.74) is 1.75. The Hall–Kier alpha value is -2.14. The molecule has 6 heteroatoms. The second-order valence-corrected chi connectivity index (χ2v) is 6.72. The third-order valence-electron chi connectivity index (χ3n) is 4.38. The SMILES string of the molecule is COc1ccc(Cl)cc1NC(=O)N1CCn2cccc2[C@H]1C(C)C. The van der Waals surface area contributed by atoms with Crippen LogP contribution < -0.4 is 10.1 Å². The fourth-order valence-electron chi connectivity index (χ4n) is 3.31. The van der Waals surface area contributed by atoms with Crippen LogP contribution in [-0.4, -0.2) is 29.2 Å². The average molecular weight is 348 g/mol. The normalized spacial score (nSPS) is 16.9. The van der Waals surface area contributed by atoms with Crippen LogP contribution in [0.2, 0.25) is 5.02 Å². The predicted octanol–water partition coefficient (Wildman–Crippen LogP) is 4.39. The summed E-state index contributed by atoms with van der Waals surface area (Å²) in [6, 6.07) is 9.21. The second-order valence-electron chi connectivity index (χ2n) is 6.28. The molecule has 0 saturated heterocycles. The van der Waals surface area contributed by atoms with Crippen LogP contribution >= 0.6 is 11.6 Å². The van der Waals surface area contributed by atoms with Gasteiger partial charge in [-0.15, -0.1) is 0 Å². The largest absolute Gasteiger partial charge is 0.495 e. The summed E-state index contributed by atoms with van der Waals surface area (Å²) in [7, 11) is 1.57. The highest BCUT2D eigenvalue weighted by atomic mass is 35.5. The highest BCUT2D eigenvalue weighted by Gasteiger charge is 2.33. The molecule has 24 heavy (non-hydrogen) atoms. The summed E-state index contributed by atoms with van der Waals surface area (Å²) in [4.78, 5) is 14.8. The fraction of sp³-hybridized carbons (Fsp3) is 0.389. The van der Waals surface area contributed by atoms with Crippen molar-refractivity contribution >= 4 is 23.3 Å². The highest BCUT2D eigenvalue weighted by molar-refractivity contribution is 6.31. The Balaban J connectivity index is 1.86. The van der Waals surface area contributed by atoms with E-state index in [4.69, 9.17) is 16.3 Å².